The summed E-state index contributed by atoms with van der Waals surface area (Å²) >= 11 is 0. The molecule has 0 fully saturated rings. The lowest BCUT2D eigenvalue weighted by atomic mass is 10.0. The molecule has 0 radical (unpaired) electrons. The van der Waals surface area contributed by atoms with Crippen LogP contribution in [-0.4, -0.2) is 37.2 Å². The smallest absolute Gasteiger partial charge is 0.306 e. The monoisotopic (exact) mass is 961 g/mol. The molecule has 0 N–H and O–H groups in total. The molecular weight excluding hydrogens is 853 g/mol. The van der Waals surface area contributed by atoms with E-state index in [0.717, 1.165) is 116 Å². The molecule has 0 spiro atoms. The highest BCUT2D eigenvalue weighted by atomic mass is 16.6. The minimum atomic E-state index is -0.780. The lowest BCUT2D eigenvalue weighted by Crippen LogP contribution is -2.30. The minimum Gasteiger partial charge on any atom is -0.462 e. The first-order chi connectivity index (χ1) is 34.0. The zero-order valence-electron chi connectivity index (χ0n) is 45.3. The van der Waals surface area contributed by atoms with Crippen LogP contribution in [0.3, 0.4) is 0 Å². The summed E-state index contributed by atoms with van der Waals surface area (Å²) in [5.74, 6) is -0.897. The van der Waals surface area contributed by atoms with E-state index in [4.69, 9.17) is 14.2 Å². The number of rotatable bonds is 52. The molecule has 6 heteroatoms. The van der Waals surface area contributed by atoms with E-state index in [0.29, 0.717) is 19.3 Å². The summed E-state index contributed by atoms with van der Waals surface area (Å²) in [5.41, 5.74) is 0. The van der Waals surface area contributed by atoms with Gasteiger partial charge in [0.2, 0.25) is 0 Å². The van der Waals surface area contributed by atoms with E-state index >= 15 is 0 Å². The van der Waals surface area contributed by atoms with E-state index in [1.807, 2.05) is 0 Å². The SMILES string of the molecule is CC/C=C\C/C=C\C/C=C\C/C=C\C/C=C\CCCCCCCCCCCCCCCC(=O)OCC(COC(=O)CCCCCCCCC)OC(=O)CCCCCCC/C=C\C/C=C\CCCCC. The molecule has 0 saturated carbocycles. The molecule has 0 bridgehead atoms. The number of unbranched alkanes of at least 4 members (excludes halogenated alkanes) is 27. The van der Waals surface area contributed by atoms with Crippen LogP contribution in [0.15, 0.2) is 85.1 Å². The van der Waals surface area contributed by atoms with Crippen molar-refractivity contribution in [1.29, 1.82) is 0 Å². The number of ether oxygens (including phenoxy) is 3. The van der Waals surface area contributed by atoms with Crippen molar-refractivity contribution in [3.63, 3.8) is 0 Å². The molecule has 6 nitrogen and oxygen atoms in total. The van der Waals surface area contributed by atoms with E-state index in [-0.39, 0.29) is 31.1 Å². The first-order valence-electron chi connectivity index (χ1n) is 29.1. The van der Waals surface area contributed by atoms with Crippen molar-refractivity contribution in [1.82, 2.24) is 0 Å². The summed E-state index contributed by atoms with van der Waals surface area (Å²) in [6, 6.07) is 0. The number of carbonyl (C=O) groups is 3. The van der Waals surface area contributed by atoms with Gasteiger partial charge in [0.1, 0.15) is 13.2 Å². The van der Waals surface area contributed by atoms with Crippen LogP contribution in [0.2, 0.25) is 0 Å². The molecule has 0 rings (SSSR count). The average molecular weight is 962 g/mol. The maximum Gasteiger partial charge on any atom is 0.306 e. The van der Waals surface area contributed by atoms with Crippen LogP contribution < -0.4 is 0 Å². The normalized spacial score (nSPS) is 12.7. The zero-order valence-corrected chi connectivity index (χ0v) is 45.3. The Kier molecular flexibility index (Phi) is 54.3. The molecule has 0 heterocycles. The first kappa shape index (κ1) is 65.6. The fourth-order valence-corrected chi connectivity index (χ4v) is 8.03. The van der Waals surface area contributed by atoms with Gasteiger partial charge in [0.15, 0.2) is 6.10 Å². The van der Waals surface area contributed by atoms with Crippen LogP contribution in [-0.2, 0) is 28.6 Å². The number of hydrogen-bond donors (Lipinski definition) is 0. The molecular formula is C63H108O6. The van der Waals surface area contributed by atoms with Gasteiger partial charge in [0.25, 0.3) is 0 Å². The average Bonchev–Trinajstić information content (AvgIpc) is 3.35. The van der Waals surface area contributed by atoms with Crippen molar-refractivity contribution < 1.29 is 28.6 Å². The van der Waals surface area contributed by atoms with Crippen LogP contribution in [0.4, 0.5) is 0 Å². The highest BCUT2D eigenvalue weighted by Crippen LogP contribution is 2.15. The standard InChI is InChI=1S/C63H108O6/c1-4-7-10-13-16-18-20-22-24-25-26-27-28-29-30-31-32-33-34-35-36-37-39-40-42-44-47-50-53-56-62(65)68-59-60(58-67-61(64)55-52-49-46-15-12-9-6-3)69-63(66)57-54-51-48-45-43-41-38-23-21-19-17-14-11-8-5-2/h7,10,16-19,22-24,26-27,29-30,38,60H,4-6,8-9,11-15,20-21,25,28,31-37,39-59H2,1-3H3/b10-7-,18-16-,19-17-,24-22-,27-26-,30-29-,38-23-. The lowest BCUT2D eigenvalue weighted by Gasteiger charge is -2.18. The molecule has 69 heavy (non-hydrogen) atoms. The molecule has 0 saturated heterocycles. The van der Waals surface area contributed by atoms with Gasteiger partial charge < -0.3 is 14.2 Å². The van der Waals surface area contributed by atoms with Gasteiger partial charge in [-0.15, -0.1) is 0 Å². The van der Waals surface area contributed by atoms with Gasteiger partial charge in [-0.1, -0.05) is 247 Å². The lowest BCUT2D eigenvalue weighted by molar-refractivity contribution is -0.167. The molecule has 0 aromatic rings. The van der Waals surface area contributed by atoms with E-state index in [1.54, 1.807) is 0 Å². The Labute approximate surface area is 426 Å². The molecule has 0 amide bonds. The van der Waals surface area contributed by atoms with Crippen LogP contribution in [0.5, 0.6) is 0 Å². The second-order valence-electron chi connectivity index (χ2n) is 19.2. The predicted molar refractivity (Wildman–Crippen MR) is 297 cm³/mol. The Balaban J connectivity index is 4.11. The number of esters is 3. The number of carbonyl (C=O) groups excluding carboxylic acids is 3. The molecule has 0 aromatic carbocycles. The van der Waals surface area contributed by atoms with E-state index < -0.39 is 6.10 Å². The van der Waals surface area contributed by atoms with Crippen molar-refractivity contribution in [3.05, 3.63) is 85.1 Å². The van der Waals surface area contributed by atoms with Gasteiger partial charge in [-0.2, -0.15) is 0 Å². The summed E-state index contributed by atoms with van der Waals surface area (Å²) in [5, 5.41) is 0. The molecule has 396 valence electrons. The van der Waals surface area contributed by atoms with Gasteiger partial charge in [0, 0.05) is 19.3 Å². The summed E-state index contributed by atoms with van der Waals surface area (Å²) < 4.78 is 16.8. The molecule has 1 atom stereocenters. The van der Waals surface area contributed by atoms with E-state index in [1.165, 1.54) is 122 Å². The summed E-state index contributed by atoms with van der Waals surface area (Å²) in [6.45, 7) is 6.45. The number of hydrogen-bond acceptors (Lipinski definition) is 6. The third kappa shape index (κ3) is 55.4. The Morgan fingerprint density at radius 2 is 0.565 bits per heavy atom. The van der Waals surface area contributed by atoms with Crippen molar-refractivity contribution in [2.24, 2.45) is 0 Å². The summed E-state index contributed by atoms with van der Waals surface area (Å²) in [6.07, 6.45) is 74.6. The van der Waals surface area contributed by atoms with Crippen molar-refractivity contribution in [3.8, 4) is 0 Å². The maximum absolute atomic E-state index is 12.8. The van der Waals surface area contributed by atoms with E-state index in [2.05, 4.69) is 106 Å². The van der Waals surface area contributed by atoms with Crippen LogP contribution >= 0.6 is 0 Å². The van der Waals surface area contributed by atoms with E-state index in [9.17, 15) is 14.4 Å². The van der Waals surface area contributed by atoms with Crippen molar-refractivity contribution >= 4 is 17.9 Å². The van der Waals surface area contributed by atoms with Crippen LogP contribution in [0, 0.1) is 0 Å². The fourth-order valence-electron chi connectivity index (χ4n) is 8.03. The van der Waals surface area contributed by atoms with Gasteiger partial charge in [-0.05, 0) is 96.3 Å². The van der Waals surface area contributed by atoms with Gasteiger partial charge in [0.05, 0.1) is 0 Å². The summed E-state index contributed by atoms with van der Waals surface area (Å²) in [7, 11) is 0. The summed E-state index contributed by atoms with van der Waals surface area (Å²) in [4.78, 5) is 37.9. The third-order valence-electron chi connectivity index (χ3n) is 12.4. The minimum absolute atomic E-state index is 0.0804. The highest BCUT2D eigenvalue weighted by molar-refractivity contribution is 5.71. The maximum atomic E-state index is 12.8. The fraction of sp³-hybridized carbons (Fsp3) is 0.730. The molecule has 0 aliphatic heterocycles. The van der Waals surface area contributed by atoms with Gasteiger partial charge in [-0.3, -0.25) is 14.4 Å². The number of allylic oxidation sites excluding steroid dienone is 14. The Morgan fingerprint density at radius 1 is 0.304 bits per heavy atom. The Morgan fingerprint density at radius 3 is 0.913 bits per heavy atom. The van der Waals surface area contributed by atoms with Gasteiger partial charge in [-0.25, -0.2) is 0 Å². The quantitative estimate of drug-likeness (QED) is 0.0262. The molecule has 0 aliphatic carbocycles. The predicted octanol–water partition coefficient (Wildman–Crippen LogP) is 19.5. The second kappa shape index (κ2) is 57.2. The topological polar surface area (TPSA) is 78.9 Å². The zero-order chi connectivity index (χ0) is 50.0. The molecule has 0 aliphatic rings. The Hall–Kier alpha value is -3.41. The molecule has 0 aromatic heterocycles. The second-order valence-corrected chi connectivity index (χ2v) is 19.2. The Bertz CT molecular complexity index is 1330. The van der Waals surface area contributed by atoms with Crippen LogP contribution in [0.1, 0.15) is 278 Å². The first-order valence-corrected chi connectivity index (χ1v) is 29.1. The van der Waals surface area contributed by atoms with Crippen molar-refractivity contribution in [2.75, 3.05) is 13.2 Å². The highest BCUT2D eigenvalue weighted by Gasteiger charge is 2.19. The van der Waals surface area contributed by atoms with Gasteiger partial charge >= 0.3 is 17.9 Å². The van der Waals surface area contributed by atoms with Crippen molar-refractivity contribution in [2.45, 2.75) is 284 Å². The molecule has 1 unspecified atom stereocenters. The van der Waals surface area contributed by atoms with Crippen LogP contribution in [0.25, 0.3) is 0 Å². The third-order valence-corrected chi connectivity index (χ3v) is 12.4. The largest absolute Gasteiger partial charge is 0.462 e.